The zero-order valence-corrected chi connectivity index (χ0v) is 20.9. The number of thiocarbonyl (C=S) groups is 1. The average molecular weight is 550 g/mol. The van der Waals surface area contributed by atoms with Crippen molar-refractivity contribution < 1.29 is 0 Å². The molecule has 0 fully saturated rings. The Morgan fingerprint density at radius 3 is 2.59 bits per heavy atom. The van der Waals surface area contributed by atoms with Crippen molar-refractivity contribution in [1.29, 1.82) is 0 Å². The molecule has 4 aromatic rings. The van der Waals surface area contributed by atoms with Gasteiger partial charge in [-0.05, 0) is 63.9 Å². The highest BCUT2D eigenvalue weighted by molar-refractivity contribution is 9.10. The summed E-state index contributed by atoms with van der Waals surface area (Å²) in [4.78, 5) is 0. The second-order valence-corrected chi connectivity index (χ2v) is 9.25. The highest BCUT2D eigenvalue weighted by Gasteiger charge is 2.11. The quantitative estimate of drug-likeness (QED) is 0.274. The van der Waals surface area contributed by atoms with E-state index in [1.165, 1.54) is 11.1 Å². The molecule has 10 heteroatoms. The number of nitrogens with zero attached hydrogens (tertiary/aromatic N) is 4. The van der Waals surface area contributed by atoms with E-state index in [0.717, 1.165) is 10.0 Å². The topological polar surface area (TPSA) is 59.7 Å². The van der Waals surface area contributed by atoms with E-state index in [1.807, 2.05) is 47.4 Å². The largest absolute Gasteiger partial charge is 0.316 e. The SMILES string of the molecule is Cc1ccccc1Cn1ccc(NC(=S)Nc2nn(Cc3ccc(Cl)c(Cl)c3)cc2Br)n1. The third-order valence-corrected chi connectivity index (χ3v) is 6.28. The maximum absolute atomic E-state index is 6.10. The second kappa shape index (κ2) is 10.0. The van der Waals surface area contributed by atoms with Crippen molar-refractivity contribution in [2.45, 2.75) is 20.0 Å². The fourth-order valence-electron chi connectivity index (χ4n) is 3.12. The summed E-state index contributed by atoms with van der Waals surface area (Å²) in [5, 5.41) is 16.7. The zero-order valence-electron chi connectivity index (χ0n) is 17.0. The first kappa shape index (κ1) is 22.8. The summed E-state index contributed by atoms with van der Waals surface area (Å²) in [7, 11) is 0. The molecule has 0 amide bonds. The van der Waals surface area contributed by atoms with Crippen LogP contribution in [0, 0.1) is 6.92 Å². The predicted octanol–water partition coefficient (Wildman–Crippen LogP) is 6.36. The molecule has 0 aliphatic heterocycles. The third-order valence-electron chi connectivity index (χ3n) is 4.75. The van der Waals surface area contributed by atoms with Crippen LogP contribution >= 0.6 is 51.3 Å². The summed E-state index contributed by atoms with van der Waals surface area (Å²) in [6, 6.07) is 15.6. The van der Waals surface area contributed by atoms with Gasteiger partial charge in [-0.2, -0.15) is 10.2 Å². The van der Waals surface area contributed by atoms with E-state index in [1.54, 1.807) is 10.7 Å². The smallest absolute Gasteiger partial charge is 0.177 e. The minimum atomic E-state index is 0.395. The molecule has 0 atom stereocenters. The van der Waals surface area contributed by atoms with Gasteiger partial charge >= 0.3 is 0 Å². The lowest BCUT2D eigenvalue weighted by atomic mass is 10.1. The van der Waals surface area contributed by atoms with Crippen LogP contribution in [-0.2, 0) is 13.1 Å². The number of rotatable bonds is 6. The minimum absolute atomic E-state index is 0.395. The molecular weight excluding hydrogens is 531 g/mol. The van der Waals surface area contributed by atoms with Crippen LogP contribution < -0.4 is 10.6 Å². The molecule has 2 N–H and O–H groups in total. The van der Waals surface area contributed by atoms with Crippen LogP contribution in [0.2, 0.25) is 10.0 Å². The number of hydrogen-bond donors (Lipinski definition) is 2. The molecule has 2 heterocycles. The van der Waals surface area contributed by atoms with Crippen LogP contribution in [0.5, 0.6) is 0 Å². The summed E-state index contributed by atoms with van der Waals surface area (Å²) in [6.45, 7) is 3.33. The Hall–Kier alpha value is -2.39. The minimum Gasteiger partial charge on any atom is -0.316 e. The molecule has 0 unspecified atom stereocenters. The van der Waals surface area contributed by atoms with Crippen molar-refractivity contribution in [3.63, 3.8) is 0 Å². The Morgan fingerprint density at radius 2 is 1.81 bits per heavy atom. The van der Waals surface area contributed by atoms with Crippen molar-refractivity contribution in [2.24, 2.45) is 0 Å². The molecule has 4 rings (SSSR count). The van der Waals surface area contributed by atoms with E-state index < -0.39 is 0 Å². The van der Waals surface area contributed by atoms with Crippen molar-refractivity contribution >= 4 is 68.1 Å². The van der Waals surface area contributed by atoms with E-state index >= 15 is 0 Å². The summed E-state index contributed by atoms with van der Waals surface area (Å²) >= 11 is 21.0. The molecule has 0 saturated carbocycles. The Labute approximate surface area is 209 Å². The molecule has 0 radical (unpaired) electrons. The van der Waals surface area contributed by atoms with Crippen molar-refractivity contribution in [1.82, 2.24) is 19.6 Å². The van der Waals surface area contributed by atoms with Gasteiger partial charge in [0.1, 0.15) is 0 Å². The maximum atomic E-state index is 6.10. The number of hydrogen-bond acceptors (Lipinski definition) is 3. The van der Waals surface area contributed by atoms with E-state index in [9.17, 15) is 0 Å². The lowest BCUT2D eigenvalue weighted by Crippen LogP contribution is -2.20. The Bertz CT molecular complexity index is 1270. The Kier molecular flexibility index (Phi) is 7.15. The molecular formula is C22H19BrCl2N6S. The van der Waals surface area contributed by atoms with Gasteiger partial charge in [0.05, 0.1) is 27.6 Å². The fourth-order valence-corrected chi connectivity index (χ4v) is 4.06. The van der Waals surface area contributed by atoms with Gasteiger partial charge < -0.3 is 10.6 Å². The number of nitrogens with one attached hydrogen (secondary N) is 2. The fraction of sp³-hybridized carbons (Fsp3) is 0.136. The van der Waals surface area contributed by atoms with Crippen LogP contribution in [0.15, 0.2) is 65.4 Å². The predicted molar refractivity (Wildman–Crippen MR) is 138 cm³/mol. The van der Waals surface area contributed by atoms with Gasteiger partial charge in [0.15, 0.2) is 16.7 Å². The summed E-state index contributed by atoms with van der Waals surface area (Å²) < 4.78 is 4.44. The number of anilines is 2. The molecule has 0 saturated heterocycles. The van der Waals surface area contributed by atoms with Crippen LogP contribution in [-0.4, -0.2) is 24.7 Å². The molecule has 0 bridgehead atoms. The van der Waals surface area contributed by atoms with Gasteiger partial charge in [-0.15, -0.1) is 0 Å². The Balaban J connectivity index is 1.37. The van der Waals surface area contributed by atoms with E-state index in [4.69, 9.17) is 35.4 Å². The molecule has 0 aliphatic rings. The molecule has 32 heavy (non-hydrogen) atoms. The van der Waals surface area contributed by atoms with Crippen molar-refractivity contribution in [2.75, 3.05) is 10.6 Å². The van der Waals surface area contributed by atoms with Crippen LogP contribution in [0.25, 0.3) is 0 Å². The first-order valence-corrected chi connectivity index (χ1v) is 11.7. The average Bonchev–Trinajstić information content (AvgIpc) is 3.32. The molecule has 0 aliphatic carbocycles. The van der Waals surface area contributed by atoms with Gasteiger partial charge in [0.25, 0.3) is 0 Å². The van der Waals surface area contributed by atoms with Gasteiger partial charge in [-0.1, -0.05) is 53.5 Å². The number of aryl methyl sites for hydroxylation is 1. The van der Waals surface area contributed by atoms with E-state index in [0.29, 0.717) is 39.9 Å². The Morgan fingerprint density at radius 1 is 1.00 bits per heavy atom. The summed E-state index contributed by atoms with van der Waals surface area (Å²) in [6.07, 6.45) is 3.78. The number of benzene rings is 2. The molecule has 2 aromatic carbocycles. The maximum Gasteiger partial charge on any atom is 0.177 e. The highest BCUT2D eigenvalue weighted by Crippen LogP contribution is 2.25. The van der Waals surface area contributed by atoms with Crippen molar-refractivity contribution in [3.05, 3.63) is 92.1 Å². The third kappa shape index (κ3) is 5.69. The molecule has 2 aromatic heterocycles. The van der Waals surface area contributed by atoms with Gasteiger partial charge in [-0.25, -0.2) is 0 Å². The van der Waals surface area contributed by atoms with Gasteiger partial charge in [0, 0.05) is 18.5 Å². The van der Waals surface area contributed by atoms with E-state index in [2.05, 4.69) is 55.8 Å². The lowest BCUT2D eigenvalue weighted by molar-refractivity contribution is 0.687. The van der Waals surface area contributed by atoms with Gasteiger partial charge in [-0.3, -0.25) is 9.36 Å². The monoisotopic (exact) mass is 548 g/mol. The van der Waals surface area contributed by atoms with Crippen LogP contribution in [0.3, 0.4) is 0 Å². The lowest BCUT2D eigenvalue weighted by Gasteiger charge is -2.08. The second-order valence-electron chi connectivity index (χ2n) is 7.18. The van der Waals surface area contributed by atoms with Crippen molar-refractivity contribution in [3.8, 4) is 0 Å². The summed E-state index contributed by atoms with van der Waals surface area (Å²) in [5.41, 5.74) is 3.44. The molecule has 6 nitrogen and oxygen atoms in total. The highest BCUT2D eigenvalue weighted by atomic mass is 79.9. The number of halogens is 3. The molecule has 0 spiro atoms. The zero-order chi connectivity index (χ0) is 22.7. The van der Waals surface area contributed by atoms with Gasteiger partial charge in [0.2, 0.25) is 0 Å². The number of aromatic nitrogens is 4. The van der Waals surface area contributed by atoms with E-state index in [-0.39, 0.29) is 0 Å². The first-order valence-electron chi connectivity index (χ1n) is 9.70. The first-order chi connectivity index (χ1) is 15.4. The van der Waals surface area contributed by atoms with Crippen LogP contribution in [0.1, 0.15) is 16.7 Å². The standard InChI is InChI=1S/C22H19BrCl2N6S/c1-14-4-2-3-5-16(14)12-30-9-8-20(28-30)26-22(32)27-21-17(23)13-31(29-21)11-15-6-7-18(24)19(25)10-15/h2-10,13H,11-12H2,1H3,(H2,26,27,28,29,32). The van der Waals surface area contributed by atoms with Crippen LogP contribution in [0.4, 0.5) is 11.6 Å². The molecule has 164 valence electrons. The normalized spacial score (nSPS) is 10.9. The summed E-state index contributed by atoms with van der Waals surface area (Å²) in [5.74, 6) is 1.25.